The lowest BCUT2D eigenvalue weighted by molar-refractivity contribution is 0.102. The third-order valence-electron chi connectivity index (χ3n) is 3.34. The zero-order valence-corrected chi connectivity index (χ0v) is 11.9. The van der Waals surface area contributed by atoms with Crippen LogP contribution < -0.4 is 10.1 Å². The summed E-state index contributed by atoms with van der Waals surface area (Å²) < 4.78 is 5.08. The lowest BCUT2D eigenvalue weighted by atomic mass is 10.1. The molecular formula is C17H14N2O3. The minimum absolute atomic E-state index is 0.0524. The van der Waals surface area contributed by atoms with Gasteiger partial charge in [-0.3, -0.25) is 9.78 Å². The predicted molar refractivity (Wildman–Crippen MR) is 84.4 cm³/mol. The molecule has 3 rings (SSSR count). The number of anilines is 1. The number of pyridine rings is 1. The average molecular weight is 294 g/mol. The highest BCUT2D eigenvalue weighted by Gasteiger charge is 2.13. The van der Waals surface area contributed by atoms with Crippen molar-refractivity contribution in [3.8, 4) is 11.5 Å². The fourth-order valence-corrected chi connectivity index (χ4v) is 2.23. The summed E-state index contributed by atoms with van der Waals surface area (Å²) in [6.07, 6.45) is 1.58. The SMILES string of the molecule is COc1ccc(NC(=O)c2ccc(O)c3ncccc23)cc1. The first-order valence-corrected chi connectivity index (χ1v) is 6.71. The highest BCUT2D eigenvalue weighted by Crippen LogP contribution is 2.26. The largest absolute Gasteiger partial charge is 0.506 e. The van der Waals surface area contributed by atoms with Crippen molar-refractivity contribution < 1.29 is 14.6 Å². The summed E-state index contributed by atoms with van der Waals surface area (Å²) >= 11 is 0. The lowest BCUT2D eigenvalue weighted by Crippen LogP contribution is -2.12. The van der Waals surface area contributed by atoms with Crippen LogP contribution in [-0.4, -0.2) is 23.1 Å². The van der Waals surface area contributed by atoms with Gasteiger partial charge in [-0.1, -0.05) is 6.07 Å². The molecule has 5 heteroatoms. The number of fused-ring (bicyclic) bond motifs is 1. The number of nitrogens with zero attached hydrogens (tertiary/aromatic N) is 1. The molecule has 0 saturated heterocycles. The summed E-state index contributed by atoms with van der Waals surface area (Å²) in [5.74, 6) is 0.511. The standard InChI is InChI=1S/C17H14N2O3/c1-22-12-6-4-11(5-7-12)19-17(21)14-8-9-15(20)16-13(14)3-2-10-18-16/h2-10,20H,1H3,(H,19,21). The summed E-state index contributed by atoms with van der Waals surface area (Å²) in [5.41, 5.74) is 1.53. The molecule has 2 aromatic carbocycles. The van der Waals surface area contributed by atoms with E-state index in [0.29, 0.717) is 22.2 Å². The third-order valence-corrected chi connectivity index (χ3v) is 3.34. The Hall–Kier alpha value is -3.08. The second-order valence-electron chi connectivity index (χ2n) is 4.71. The number of hydrogen-bond acceptors (Lipinski definition) is 4. The van der Waals surface area contributed by atoms with Gasteiger partial charge in [-0.05, 0) is 42.5 Å². The Morgan fingerprint density at radius 1 is 1.14 bits per heavy atom. The van der Waals surface area contributed by atoms with Crippen LogP contribution in [0.4, 0.5) is 5.69 Å². The maximum atomic E-state index is 12.4. The van der Waals surface area contributed by atoms with Gasteiger partial charge in [-0.25, -0.2) is 0 Å². The van der Waals surface area contributed by atoms with Gasteiger partial charge in [0.15, 0.2) is 0 Å². The number of aromatic hydroxyl groups is 1. The first kappa shape index (κ1) is 13.9. The molecule has 0 aliphatic heterocycles. The highest BCUT2D eigenvalue weighted by molar-refractivity contribution is 6.13. The van der Waals surface area contributed by atoms with Crippen LogP contribution >= 0.6 is 0 Å². The molecule has 0 aliphatic carbocycles. The van der Waals surface area contributed by atoms with Crippen molar-refractivity contribution in [1.29, 1.82) is 0 Å². The molecule has 1 aromatic heterocycles. The Morgan fingerprint density at radius 2 is 1.91 bits per heavy atom. The van der Waals surface area contributed by atoms with Gasteiger partial charge in [0.2, 0.25) is 0 Å². The number of carbonyl (C=O) groups excluding carboxylic acids is 1. The maximum Gasteiger partial charge on any atom is 0.256 e. The average Bonchev–Trinajstić information content (AvgIpc) is 2.56. The number of phenolic OH excluding ortho intramolecular Hbond substituents is 1. The van der Waals surface area contributed by atoms with Gasteiger partial charge in [0.1, 0.15) is 17.0 Å². The van der Waals surface area contributed by atoms with Crippen LogP contribution in [0.25, 0.3) is 10.9 Å². The van der Waals surface area contributed by atoms with E-state index in [1.165, 1.54) is 6.07 Å². The third kappa shape index (κ3) is 2.56. The van der Waals surface area contributed by atoms with Crippen LogP contribution in [0.15, 0.2) is 54.7 Å². The van der Waals surface area contributed by atoms with Crippen LogP contribution in [0.3, 0.4) is 0 Å². The maximum absolute atomic E-state index is 12.4. The summed E-state index contributed by atoms with van der Waals surface area (Å²) in [7, 11) is 1.59. The van der Waals surface area contributed by atoms with Crippen molar-refractivity contribution in [1.82, 2.24) is 4.98 Å². The van der Waals surface area contributed by atoms with E-state index >= 15 is 0 Å². The monoisotopic (exact) mass is 294 g/mol. The molecule has 22 heavy (non-hydrogen) atoms. The van der Waals surface area contributed by atoms with Crippen LogP contribution in [0.5, 0.6) is 11.5 Å². The predicted octanol–water partition coefficient (Wildman–Crippen LogP) is 3.20. The minimum Gasteiger partial charge on any atom is -0.506 e. The zero-order chi connectivity index (χ0) is 15.5. The number of phenols is 1. The number of hydrogen-bond donors (Lipinski definition) is 2. The van der Waals surface area contributed by atoms with Gasteiger partial charge < -0.3 is 15.2 Å². The summed E-state index contributed by atoms with van der Waals surface area (Å²) in [4.78, 5) is 16.5. The van der Waals surface area contributed by atoms with Crippen molar-refractivity contribution in [3.05, 3.63) is 60.3 Å². The van der Waals surface area contributed by atoms with E-state index in [1.54, 1.807) is 55.8 Å². The molecule has 2 N–H and O–H groups in total. The fraction of sp³-hybridized carbons (Fsp3) is 0.0588. The normalized spacial score (nSPS) is 10.4. The highest BCUT2D eigenvalue weighted by atomic mass is 16.5. The van der Waals surface area contributed by atoms with Crippen LogP contribution in [-0.2, 0) is 0 Å². The number of carbonyl (C=O) groups is 1. The quantitative estimate of drug-likeness (QED) is 0.778. The van der Waals surface area contributed by atoms with E-state index < -0.39 is 0 Å². The van der Waals surface area contributed by atoms with Crippen molar-refractivity contribution in [2.24, 2.45) is 0 Å². The molecule has 0 spiro atoms. The molecular weight excluding hydrogens is 280 g/mol. The molecule has 3 aromatic rings. The molecule has 0 atom stereocenters. The lowest BCUT2D eigenvalue weighted by Gasteiger charge is -2.09. The van der Waals surface area contributed by atoms with Gasteiger partial charge in [-0.2, -0.15) is 0 Å². The van der Waals surface area contributed by atoms with E-state index in [-0.39, 0.29) is 11.7 Å². The molecule has 110 valence electrons. The molecule has 1 amide bonds. The Labute approximate surface area is 127 Å². The van der Waals surface area contributed by atoms with Crippen molar-refractivity contribution >= 4 is 22.5 Å². The number of benzene rings is 2. The molecule has 5 nitrogen and oxygen atoms in total. The second kappa shape index (κ2) is 5.73. The summed E-state index contributed by atoms with van der Waals surface area (Å²) in [5, 5.41) is 13.2. The number of amides is 1. The van der Waals surface area contributed by atoms with E-state index in [9.17, 15) is 9.90 Å². The summed E-state index contributed by atoms with van der Waals surface area (Å²) in [6.45, 7) is 0. The number of rotatable bonds is 3. The molecule has 0 radical (unpaired) electrons. The van der Waals surface area contributed by atoms with Crippen molar-refractivity contribution in [3.63, 3.8) is 0 Å². The van der Waals surface area contributed by atoms with Gasteiger partial charge in [0.05, 0.1) is 7.11 Å². The second-order valence-corrected chi connectivity index (χ2v) is 4.71. The first-order valence-electron chi connectivity index (χ1n) is 6.71. The zero-order valence-electron chi connectivity index (χ0n) is 11.9. The van der Waals surface area contributed by atoms with Crippen molar-refractivity contribution in [2.75, 3.05) is 12.4 Å². The van der Waals surface area contributed by atoms with Crippen LogP contribution in [0.2, 0.25) is 0 Å². The van der Waals surface area contributed by atoms with E-state index in [2.05, 4.69) is 10.3 Å². The number of ether oxygens (including phenoxy) is 1. The van der Waals surface area contributed by atoms with Crippen LogP contribution in [0, 0.1) is 0 Å². The molecule has 1 heterocycles. The minimum atomic E-state index is -0.261. The van der Waals surface area contributed by atoms with Gasteiger partial charge in [0, 0.05) is 22.8 Å². The van der Waals surface area contributed by atoms with E-state index in [0.717, 1.165) is 5.75 Å². The number of nitrogens with one attached hydrogen (secondary N) is 1. The van der Waals surface area contributed by atoms with E-state index in [1.807, 2.05) is 0 Å². The van der Waals surface area contributed by atoms with Gasteiger partial charge >= 0.3 is 0 Å². The van der Waals surface area contributed by atoms with Crippen molar-refractivity contribution in [2.45, 2.75) is 0 Å². The molecule has 0 unspecified atom stereocenters. The summed E-state index contributed by atoms with van der Waals surface area (Å²) in [6, 6.07) is 13.6. The fourth-order valence-electron chi connectivity index (χ4n) is 2.23. The number of methoxy groups -OCH3 is 1. The molecule has 0 fully saturated rings. The molecule has 0 bridgehead atoms. The smallest absolute Gasteiger partial charge is 0.256 e. The molecule has 0 saturated carbocycles. The van der Waals surface area contributed by atoms with Gasteiger partial charge in [-0.15, -0.1) is 0 Å². The number of aromatic nitrogens is 1. The Balaban J connectivity index is 1.93. The Kier molecular flexibility index (Phi) is 3.62. The molecule has 0 aliphatic rings. The topological polar surface area (TPSA) is 71.5 Å². The van der Waals surface area contributed by atoms with Gasteiger partial charge in [0.25, 0.3) is 5.91 Å². The van der Waals surface area contributed by atoms with E-state index in [4.69, 9.17) is 4.74 Å². The first-order chi connectivity index (χ1) is 10.7. The Bertz CT molecular complexity index is 829. The van der Waals surface area contributed by atoms with Crippen LogP contribution in [0.1, 0.15) is 10.4 Å². The Morgan fingerprint density at radius 3 is 2.64 bits per heavy atom.